The van der Waals surface area contributed by atoms with Crippen LogP contribution in [-0.2, 0) is 6.42 Å². The zero-order chi connectivity index (χ0) is 11.6. The molecule has 3 heteroatoms. The molecule has 1 aliphatic heterocycles. The van der Waals surface area contributed by atoms with Gasteiger partial charge in [-0.2, -0.15) is 0 Å². The maximum atomic E-state index is 6.21. The van der Waals surface area contributed by atoms with E-state index < -0.39 is 0 Å². The molecule has 0 saturated carbocycles. The van der Waals surface area contributed by atoms with Crippen LogP contribution < -0.4 is 5.32 Å². The molecule has 0 unspecified atom stereocenters. The number of hydrogen-bond acceptors (Lipinski definition) is 1. The fourth-order valence-electron chi connectivity index (χ4n) is 2.48. The minimum Gasteiger partial charge on any atom is -0.316 e. The molecule has 0 spiro atoms. The monoisotopic (exact) mass is 257 g/mol. The van der Waals surface area contributed by atoms with Crippen molar-refractivity contribution < 1.29 is 0 Å². The van der Waals surface area contributed by atoms with Gasteiger partial charge in [0.15, 0.2) is 0 Å². The van der Waals surface area contributed by atoms with E-state index in [1.807, 2.05) is 18.2 Å². The third kappa shape index (κ3) is 2.37. The van der Waals surface area contributed by atoms with Crippen molar-refractivity contribution >= 4 is 23.2 Å². The summed E-state index contributed by atoms with van der Waals surface area (Å²) >= 11 is 12.4. The smallest absolute Gasteiger partial charge is 0.0453 e. The maximum absolute atomic E-state index is 6.21. The lowest BCUT2D eigenvalue weighted by atomic mass is 9.73. The normalized spacial score (nSPS) is 18.2. The van der Waals surface area contributed by atoms with E-state index in [0.717, 1.165) is 35.1 Å². The highest BCUT2D eigenvalue weighted by molar-refractivity contribution is 6.36. The first-order valence-electron chi connectivity index (χ1n) is 5.80. The van der Waals surface area contributed by atoms with Gasteiger partial charge in [-0.15, -0.1) is 0 Å². The number of hydrogen-bond donors (Lipinski definition) is 1. The van der Waals surface area contributed by atoms with E-state index >= 15 is 0 Å². The number of benzene rings is 1. The van der Waals surface area contributed by atoms with E-state index in [1.165, 1.54) is 12.8 Å². The molecule has 0 radical (unpaired) electrons. The summed E-state index contributed by atoms with van der Waals surface area (Å²) in [6.45, 7) is 4.40. The van der Waals surface area contributed by atoms with Gasteiger partial charge in [-0.1, -0.05) is 42.6 Å². The summed E-state index contributed by atoms with van der Waals surface area (Å²) in [6, 6.07) is 5.75. The van der Waals surface area contributed by atoms with Gasteiger partial charge in [-0.25, -0.2) is 0 Å². The quantitative estimate of drug-likeness (QED) is 0.862. The average molecular weight is 258 g/mol. The second kappa shape index (κ2) is 4.95. The average Bonchev–Trinajstić information content (AvgIpc) is 2.20. The van der Waals surface area contributed by atoms with Gasteiger partial charge in [-0.3, -0.25) is 0 Å². The Morgan fingerprint density at radius 2 is 1.88 bits per heavy atom. The van der Waals surface area contributed by atoms with Gasteiger partial charge >= 0.3 is 0 Å². The minimum absolute atomic E-state index is 0.378. The van der Waals surface area contributed by atoms with Crippen LogP contribution >= 0.6 is 23.2 Å². The van der Waals surface area contributed by atoms with Crippen LogP contribution in [0.2, 0.25) is 10.0 Å². The molecule has 0 bridgehead atoms. The molecule has 1 fully saturated rings. The molecule has 0 amide bonds. The van der Waals surface area contributed by atoms with Crippen molar-refractivity contribution in [3.05, 3.63) is 33.8 Å². The van der Waals surface area contributed by atoms with E-state index in [9.17, 15) is 0 Å². The molecule has 1 N–H and O–H groups in total. The third-order valence-electron chi connectivity index (χ3n) is 3.39. The summed E-state index contributed by atoms with van der Waals surface area (Å²) in [6.07, 6.45) is 3.44. The Labute approximate surface area is 107 Å². The van der Waals surface area contributed by atoms with Gasteiger partial charge in [0, 0.05) is 23.1 Å². The molecule has 1 aliphatic rings. The van der Waals surface area contributed by atoms with Gasteiger partial charge < -0.3 is 5.32 Å². The summed E-state index contributed by atoms with van der Waals surface area (Å²) in [5.41, 5.74) is 1.49. The summed E-state index contributed by atoms with van der Waals surface area (Å²) in [5, 5.41) is 4.96. The van der Waals surface area contributed by atoms with Crippen molar-refractivity contribution in [2.45, 2.75) is 26.2 Å². The SMILES string of the molecule is CCCC1(Cc2c(Cl)cccc2Cl)CNC1. The van der Waals surface area contributed by atoms with Crippen LogP contribution in [0.3, 0.4) is 0 Å². The Kier molecular flexibility index (Phi) is 3.78. The molecule has 2 rings (SSSR count). The van der Waals surface area contributed by atoms with Gasteiger partial charge in [0.1, 0.15) is 0 Å². The third-order valence-corrected chi connectivity index (χ3v) is 4.10. The lowest BCUT2D eigenvalue weighted by molar-refractivity contribution is 0.151. The Hall–Kier alpha value is -0.240. The van der Waals surface area contributed by atoms with E-state index in [2.05, 4.69) is 12.2 Å². The van der Waals surface area contributed by atoms with E-state index in [-0.39, 0.29) is 0 Å². The summed E-state index contributed by atoms with van der Waals surface area (Å²) in [5.74, 6) is 0. The summed E-state index contributed by atoms with van der Waals surface area (Å²) in [4.78, 5) is 0. The van der Waals surface area contributed by atoms with Crippen LogP contribution in [-0.4, -0.2) is 13.1 Å². The van der Waals surface area contributed by atoms with Crippen LogP contribution in [0.4, 0.5) is 0 Å². The molecule has 0 aromatic heterocycles. The lowest BCUT2D eigenvalue weighted by Crippen LogP contribution is -2.54. The number of rotatable bonds is 4. The highest BCUT2D eigenvalue weighted by Gasteiger charge is 2.36. The van der Waals surface area contributed by atoms with Gasteiger partial charge in [0.05, 0.1) is 0 Å². The first kappa shape index (κ1) is 12.2. The van der Waals surface area contributed by atoms with Crippen molar-refractivity contribution in [3.63, 3.8) is 0 Å². The predicted molar refractivity (Wildman–Crippen MR) is 70.4 cm³/mol. The van der Waals surface area contributed by atoms with Crippen LogP contribution in [0.1, 0.15) is 25.3 Å². The second-order valence-electron chi connectivity index (χ2n) is 4.73. The van der Waals surface area contributed by atoms with Crippen LogP contribution in [0.15, 0.2) is 18.2 Å². The van der Waals surface area contributed by atoms with E-state index in [4.69, 9.17) is 23.2 Å². The largest absolute Gasteiger partial charge is 0.316 e. The molecule has 0 atom stereocenters. The molecule has 1 aromatic carbocycles. The van der Waals surface area contributed by atoms with Gasteiger partial charge in [0.25, 0.3) is 0 Å². The predicted octanol–water partition coefficient (Wildman–Crippen LogP) is 3.93. The summed E-state index contributed by atoms with van der Waals surface area (Å²) in [7, 11) is 0. The molecule has 16 heavy (non-hydrogen) atoms. The standard InChI is InChI=1S/C13H17Cl2N/c1-2-6-13(8-16-9-13)7-10-11(14)4-3-5-12(10)15/h3-5,16H,2,6-9H2,1H3. The molecular weight excluding hydrogens is 241 g/mol. The molecule has 88 valence electrons. The van der Waals surface area contributed by atoms with Crippen LogP contribution in [0.25, 0.3) is 0 Å². The lowest BCUT2D eigenvalue weighted by Gasteiger charge is -2.43. The summed E-state index contributed by atoms with van der Waals surface area (Å²) < 4.78 is 0. The van der Waals surface area contributed by atoms with Crippen molar-refractivity contribution in [2.24, 2.45) is 5.41 Å². The Bertz CT molecular complexity index is 352. The minimum atomic E-state index is 0.378. The molecule has 1 heterocycles. The van der Waals surface area contributed by atoms with E-state index in [1.54, 1.807) is 0 Å². The molecule has 0 aliphatic carbocycles. The van der Waals surface area contributed by atoms with Crippen molar-refractivity contribution in [1.29, 1.82) is 0 Å². The first-order chi connectivity index (χ1) is 7.67. The zero-order valence-electron chi connectivity index (χ0n) is 9.52. The fourth-order valence-corrected chi connectivity index (χ4v) is 3.01. The first-order valence-corrected chi connectivity index (χ1v) is 6.56. The highest BCUT2D eigenvalue weighted by Crippen LogP contribution is 2.37. The van der Waals surface area contributed by atoms with Gasteiger partial charge in [-0.05, 0) is 36.0 Å². The second-order valence-corrected chi connectivity index (χ2v) is 5.54. The Morgan fingerprint density at radius 1 is 1.25 bits per heavy atom. The fraction of sp³-hybridized carbons (Fsp3) is 0.538. The molecule has 1 nitrogen and oxygen atoms in total. The maximum Gasteiger partial charge on any atom is 0.0453 e. The van der Waals surface area contributed by atoms with Crippen molar-refractivity contribution in [2.75, 3.05) is 13.1 Å². The van der Waals surface area contributed by atoms with Gasteiger partial charge in [0.2, 0.25) is 0 Å². The Morgan fingerprint density at radius 3 is 2.31 bits per heavy atom. The number of halogens is 2. The number of nitrogens with one attached hydrogen (secondary N) is 1. The topological polar surface area (TPSA) is 12.0 Å². The molecule has 1 aromatic rings. The Balaban J connectivity index is 2.19. The molecular formula is C13H17Cl2N. The van der Waals surface area contributed by atoms with Crippen LogP contribution in [0.5, 0.6) is 0 Å². The zero-order valence-corrected chi connectivity index (χ0v) is 11.0. The highest BCUT2D eigenvalue weighted by atomic mass is 35.5. The van der Waals surface area contributed by atoms with E-state index in [0.29, 0.717) is 5.41 Å². The van der Waals surface area contributed by atoms with Crippen molar-refractivity contribution in [1.82, 2.24) is 5.32 Å². The van der Waals surface area contributed by atoms with Crippen molar-refractivity contribution in [3.8, 4) is 0 Å². The molecule has 1 saturated heterocycles. The van der Waals surface area contributed by atoms with Crippen LogP contribution in [0, 0.1) is 5.41 Å².